The molecule has 6 heteroatoms. The summed E-state index contributed by atoms with van der Waals surface area (Å²) in [6.45, 7) is 4.01. The zero-order chi connectivity index (χ0) is 18.1. The van der Waals surface area contributed by atoms with Crippen molar-refractivity contribution in [2.45, 2.75) is 20.3 Å². The molecule has 0 radical (unpaired) electrons. The van der Waals surface area contributed by atoms with Crippen LogP contribution >= 0.6 is 22.9 Å². The van der Waals surface area contributed by atoms with E-state index in [1.54, 1.807) is 7.11 Å². The summed E-state index contributed by atoms with van der Waals surface area (Å²) >= 11 is 7.72. The molecule has 0 aliphatic carbocycles. The predicted octanol–water partition coefficient (Wildman–Crippen LogP) is 4.19. The van der Waals surface area contributed by atoms with Crippen molar-refractivity contribution in [3.05, 3.63) is 56.8 Å². The van der Waals surface area contributed by atoms with E-state index in [1.165, 1.54) is 11.3 Å². The summed E-state index contributed by atoms with van der Waals surface area (Å²) in [4.78, 5) is 17.4. The number of amides is 1. The smallest absolute Gasteiger partial charge is 0.252 e. The van der Waals surface area contributed by atoms with E-state index >= 15 is 0 Å². The molecular formula is C19H19ClN2O2S. The van der Waals surface area contributed by atoms with E-state index in [0.717, 1.165) is 26.9 Å². The first kappa shape index (κ1) is 17.7. The lowest BCUT2D eigenvalue weighted by atomic mass is 10.1. The lowest BCUT2D eigenvalue weighted by Gasteiger charge is -2.07. The first-order valence-corrected chi connectivity index (χ1v) is 9.06. The normalized spacial score (nSPS) is 12.0. The van der Waals surface area contributed by atoms with Crippen LogP contribution in [-0.2, 0) is 18.3 Å². The van der Waals surface area contributed by atoms with Crippen LogP contribution in [0.15, 0.2) is 35.3 Å². The molecule has 0 fully saturated rings. The molecule has 0 aliphatic heterocycles. The minimum absolute atomic E-state index is 0.200. The maximum Gasteiger partial charge on any atom is 0.252 e. The SMILES string of the molecule is COc1ccc(C)cc1CC(=O)N=c1sc2c(Cl)ccc(C)c2n1C. The molecule has 0 spiro atoms. The molecule has 0 N–H and O–H groups in total. The number of nitrogens with zero attached hydrogens (tertiary/aromatic N) is 2. The summed E-state index contributed by atoms with van der Waals surface area (Å²) in [7, 11) is 3.51. The third kappa shape index (κ3) is 3.48. The van der Waals surface area contributed by atoms with E-state index in [2.05, 4.69) is 4.99 Å². The molecule has 0 aliphatic rings. The Bertz CT molecular complexity index is 1030. The second kappa shape index (κ2) is 7.02. The van der Waals surface area contributed by atoms with Crippen LogP contribution in [0.3, 0.4) is 0 Å². The van der Waals surface area contributed by atoms with Gasteiger partial charge in [0.25, 0.3) is 5.91 Å². The average molecular weight is 375 g/mol. The van der Waals surface area contributed by atoms with E-state index in [-0.39, 0.29) is 12.3 Å². The number of hydrogen-bond donors (Lipinski definition) is 0. The van der Waals surface area contributed by atoms with Gasteiger partial charge in [0, 0.05) is 12.6 Å². The third-order valence-electron chi connectivity index (χ3n) is 4.10. The third-order valence-corrected chi connectivity index (χ3v) is 5.69. The van der Waals surface area contributed by atoms with Crippen molar-refractivity contribution in [2.75, 3.05) is 7.11 Å². The Morgan fingerprint density at radius 2 is 2.04 bits per heavy atom. The summed E-state index contributed by atoms with van der Waals surface area (Å²) in [5.41, 5.74) is 4.04. The van der Waals surface area contributed by atoms with Gasteiger partial charge in [-0.05, 0) is 31.5 Å². The lowest BCUT2D eigenvalue weighted by molar-refractivity contribution is -0.117. The molecule has 1 aromatic heterocycles. The molecule has 0 unspecified atom stereocenters. The van der Waals surface area contributed by atoms with Crippen LogP contribution in [0.1, 0.15) is 16.7 Å². The van der Waals surface area contributed by atoms with E-state index in [1.807, 2.05) is 55.8 Å². The number of aryl methyl sites for hydroxylation is 3. The molecular weight excluding hydrogens is 356 g/mol. The minimum atomic E-state index is -0.208. The Labute approximate surface area is 155 Å². The Hall–Kier alpha value is -2.11. The number of aromatic nitrogens is 1. The summed E-state index contributed by atoms with van der Waals surface area (Å²) in [5.74, 6) is 0.494. The fraction of sp³-hybridized carbons (Fsp3) is 0.263. The molecule has 4 nitrogen and oxygen atoms in total. The zero-order valence-electron chi connectivity index (χ0n) is 14.6. The number of thiazole rings is 1. The molecule has 0 atom stereocenters. The van der Waals surface area contributed by atoms with E-state index in [0.29, 0.717) is 15.6 Å². The van der Waals surface area contributed by atoms with Gasteiger partial charge in [-0.1, -0.05) is 46.7 Å². The number of carbonyl (C=O) groups excluding carboxylic acids is 1. The Morgan fingerprint density at radius 1 is 1.28 bits per heavy atom. The first-order chi connectivity index (χ1) is 11.9. The highest BCUT2D eigenvalue weighted by Crippen LogP contribution is 2.28. The Morgan fingerprint density at radius 3 is 2.72 bits per heavy atom. The van der Waals surface area contributed by atoms with Crippen LogP contribution in [0.2, 0.25) is 5.02 Å². The van der Waals surface area contributed by atoms with Gasteiger partial charge >= 0.3 is 0 Å². The second-order valence-corrected chi connectivity index (χ2v) is 7.37. The highest BCUT2D eigenvalue weighted by molar-refractivity contribution is 7.17. The first-order valence-electron chi connectivity index (χ1n) is 7.86. The molecule has 1 heterocycles. The number of hydrogen-bond acceptors (Lipinski definition) is 3. The molecule has 0 saturated heterocycles. The highest BCUT2D eigenvalue weighted by atomic mass is 35.5. The van der Waals surface area contributed by atoms with Gasteiger partial charge in [0.2, 0.25) is 0 Å². The van der Waals surface area contributed by atoms with Crippen molar-refractivity contribution in [1.29, 1.82) is 0 Å². The molecule has 3 rings (SSSR count). The van der Waals surface area contributed by atoms with Crippen LogP contribution in [-0.4, -0.2) is 17.6 Å². The fourth-order valence-corrected chi connectivity index (χ4v) is 4.25. The minimum Gasteiger partial charge on any atom is -0.496 e. The van der Waals surface area contributed by atoms with Crippen molar-refractivity contribution in [3.63, 3.8) is 0 Å². The molecule has 130 valence electrons. The van der Waals surface area contributed by atoms with Gasteiger partial charge in [0.05, 0.1) is 28.8 Å². The van der Waals surface area contributed by atoms with Crippen LogP contribution < -0.4 is 9.54 Å². The van der Waals surface area contributed by atoms with E-state index in [9.17, 15) is 4.79 Å². The standard InChI is InChI=1S/C19H19ClN2O2S/c1-11-5-8-15(24-4)13(9-11)10-16(23)21-19-22(3)17-12(2)6-7-14(20)18(17)25-19/h5-9H,10H2,1-4H3. The highest BCUT2D eigenvalue weighted by Gasteiger charge is 2.12. The van der Waals surface area contributed by atoms with Crippen molar-refractivity contribution in [2.24, 2.45) is 12.0 Å². The van der Waals surface area contributed by atoms with Crippen molar-refractivity contribution in [1.82, 2.24) is 4.57 Å². The number of methoxy groups -OCH3 is 1. The number of rotatable bonds is 3. The van der Waals surface area contributed by atoms with Crippen LogP contribution in [0.4, 0.5) is 0 Å². The maximum atomic E-state index is 12.5. The summed E-state index contributed by atoms with van der Waals surface area (Å²) in [5, 5.41) is 0.676. The van der Waals surface area contributed by atoms with Crippen molar-refractivity contribution in [3.8, 4) is 5.75 Å². The summed E-state index contributed by atoms with van der Waals surface area (Å²) < 4.78 is 8.21. The number of benzene rings is 2. The fourth-order valence-electron chi connectivity index (χ4n) is 2.87. The molecule has 0 saturated carbocycles. The van der Waals surface area contributed by atoms with Gasteiger partial charge in [-0.25, -0.2) is 0 Å². The summed E-state index contributed by atoms with van der Waals surface area (Å²) in [6.07, 6.45) is 0.200. The van der Waals surface area contributed by atoms with Crippen LogP contribution in [0.5, 0.6) is 5.75 Å². The van der Waals surface area contributed by atoms with Gasteiger partial charge in [0.15, 0.2) is 4.80 Å². The van der Waals surface area contributed by atoms with Gasteiger partial charge in [-0.15, -0.1) is 0 Å². The molecule has 2 aromatic carbocycles. The van der Waals surface area contributed by atoms with Gasteiger partial charge in [0.1, 0.15) is 5.75 Å². The van der Waals surface area contributed by atoms with Gasteiger partial charge in [-0.3, -0.25) is 4.79 Å². The molecule has 3 aromatic rings. The molecule has 1 amide bonds. The lowest BCUT2D eigenvalue weighted by Crippen LogP contribution is -2.14. The van der Waals surface area contributed by atoms with Crippen molar-refractivity contribution >= 4 is 39.1 Å². The monoisotopic (exact) mass is 374 g/mol. The Kier molecular flexibility index (Phi) is 4.97. The number of carbonyl (C=O) groups is 1. The second-order valence-electron chi connectivity index (χ2n) is 5.98. The summed E-state index contributed by atoms with van der Waals surface area (Å²) in [6, 6.07) is 9.64. The number of halogens is 1. The molecule has 25 heavy (non-hydrogen) atoms. The maximum absolute atomic E-state index is 12.5. The van der Waals surface area contributed by atoms with Crippen LogP contribution in [0.25, 0.3) is 10.2 Å². The average Bonchev–Trinajstić information content (AvgIpc) is 2.89. The topological polar surface area (TPSA) is 43.6 Å². The Balaban J connectivity index is 2.02. The number of fused-ring (bicyclic) bond motifs is 1. The van der Waals surface area contributed by atoms with E-state index < -0.39 is 0 Å². The van der Waals surface area contributed by atoms with Crippen LogP contribution in [0, 0.1) is 13.8 Å². The van der Waals surface area contributed by atoms with E-state index in [4.69, 9.17) is 16.3 Å². The van der Waals surface area contributed by atoms with Gasteiger partial charge in [-0.2, -0.15) is 4.99 Å². The quantitative estimate of drug-likeness (QED) is 0.690. The van der Waals surface area contributed by atoms with Crippen molar-refractivity contribution < 1.29 is 9.53 Å². The van der Waals surface area contributed by atoms with Gasteiger partial charge < -0.3 is 9.30 Å². The molecule has 0 bridgehead atoms. The largest absolute Gasteiger partial charge is 0.496 e. The number of ether oxygens (including phenoxy) is 1. The predicted molar refractivity (Wildman–Crippen MR) is 103 cm³/mol. The zero-order valence-corrected chi connectivity index (χ0v) is 16.2.